The number of ether oxygens (including phenoxy) is 1. The Morgan fingerprint density at radius 2 is 2.03 bits per heavy atom. The molecule has 0 radical (unpaired) electrons. The normalized spacial score (nSPS) is 11.3. The molecule has 2 amide bonds. The summed E-state index contributed by atoms with van der Waals surface area (Å²) in [7, 11) is 0. The van der Waals surface area contributed by atoms with Gasteiger partial charge in [0.15, 0.2) is 5.82 Å². The number of amides is 2. The molecule has 0 aliphatic carbocycles. The highest BCUT2D eigenvalue weighted by atomic mass is 19.1. The first-order chi connectivity index (χ1) is 15.7. The molecule has 4 aromatic rings. The molecule has 0 aliphatic rings. The third kappa shape index (κ3) is 5.14. The Morgan fingerprint density at radius 3 is 2.73 bits per heavy atom. The summed E-state index contributed by atoms with van der Waals surface area (Å²) < 4.78 is 22.2. The van der Waals surface area contributed by atoms with Crippen molar-refractivity contribution < 1.29 is 13.9 Å². The number of H-pyrrole nitrogens is 1. The van der Waals surface area contributed by atoms with Crippen LogP contribution in [0.1, 0.15) is 26.3 Å². The maximum absolute atomic E-state index is 14.5. The molecule has 170 valence electrons. The van der Waals surface area contributed by atoms with E-state index in [4.69, 9.17) is 4.74 Å². The van der Waals surface area contributed by atoms with E-state index in [0.29, 0.717) is 22.8 Å². The second-order valence-electron chi connectivity index (χ2n) is 8.33. The lowest BCUT2D eigenvalue weighted by atomic mass is 10.1. The minimum atomic E-state index is -0.638. The summed E-state index contributed by atoms with van der Waals surface area (Å²) in [6.45, 7) is 7.71. The van der Waals surface area contributed by atoms with E-state index in [-0.39, 0.29) is 17.2 Å². The number of nitrogens with one attached hydrogen (secondary N) is 3. The van der Waals surface area contributed by atoms with Crippen LogP contribution in [0.5, 0.6) is 11.8 Å². The van der Waals surface area contributed by atoms with Gasteiger partial charge in [-0.2, -0.15) is 10.1 Å². The van der Waals surface area contributed by atoms with Crippen molar-refractivity contribution in [2.24, 2.45) is 0 Å². The summed E-state index contributed by atoms with van der Waals surface area (Å²) in [4.78, 5) is 25.0. The highest BCUT2D eigenvalue weighted by Crippen LogP contribution is 2.29. The molecule has 0 saturated carbocycles. The number of hydrogen-bond donors (Lipinski definition) is 3. The second kappa shape index (κ2) is 8.69. The topological polar surface area (TPSA) is 123 Å². The van der Waals surface area contributed by atoms with Gasteiger partial charge in [-0.05, 0) is 45.4 Å². The lowest BCUT2D eigenvalue weighted by Gasteiger charge is -2.19. The molecule has 4 rings (SSSR count). The molecule has 0 atom stereocenters. The lowest BCUT2D eigenvalue weighted by molar-refractivity contribution is 0.262. The third-order valence-electron chi connectivity index (χ3n) is 4.74. The van der Waals surface area contributed by atoms with Crippen molar-refractivity contribution in [2.45, 2.75) is 33.2 Å². The monoisotopic (exact) mass is 450 g/mol. The molecule has 11 heteroatoms. The van der Waals surface area contributed by atoms with E-state index in [1.54, 1.807) is 44.1 Å². The van der Waals surface area contributed by atoms with Crippen molar-refractivity contribution in [3.63, 3.8) is 0 Å². The number of hydrogen-bond acceptors (Lipinski definition) is 6. The quantitative estimate of drug-likeness (QED) is 0.405. The predicted octanol–water partition coefficient (Wildman–Crippen LogP) is 4.70. The molecule has 0 bridgehead atoms. The largest absolute Gasteiger partial charge is 0.424 e. The highest BCUT2D eigenvalue weighted by Gasteiger charge is 2.16. The molecule has 10 nitrogen and oxygen atoms in total. The minimum Gasteiger partial charge on any atom is -0.424 e. The zero-order valence-corrected chi connectivity index (χ0v) is 18.5. The zero-order valence-electron chi connectivity index (χ0n) is 18.5. The lowest BCUT2D eigenvalue weighted by Crippen LogP contribution is -2.21. The van der Waals surface area contributed by atoms with Gasteiger partial charge in [-0.25, -0.2) is 19.2 Å². The Hall–Kier alpha value is -4.28. The Labute approximate surface area is 189 Å². The van der Waals surface area contributed by atoms with Crippen LogP contribution in [-0.2, 0) is 5.54 Å². The fraction of sp³-hybridized carbons (Fsp3) is 0.227. The molecule has 0 aliphatic heterocycles. The number of benzene rings is 1. The SMILES string of the molecule is Cc1cc(F)c(NC(=O)Nc2cn(C(C)(C)C)cn2)cc1Oc1nccc(-c2cn[nH]c2)n1. The number of carbonyl (C=O) groups excluding carboxylic acids is 1. The maximum atomic E-state index is 14.5. The molecule has 0 fully saturated rings. The number of urea groups is 1. The van der Waals surface area contributed by atoms with Crippen LogP contribution in [0.15, 0.2) is 49.3 Å². The molecule has 3 heterocycles. The maximum Gasteiger partial charge on any atom is 0.324 e. The van der Waals surface area contributed by atoms with Crippen LogP contribution in [-0.4, -0.2) is 35.7 Å². The van der Waals surface area contributed by atoms with Crippen LogP contribution in [0.2, 0.25) is 0 Å². The number of carbonyl (C=O) groups is 1. The third-order valence-corrected chi connectivity index (χ3v) is 4.74. The Balaban J connectivity index is 1.50. The van der Waals surface area contributed by atoms with E-state index in [9.17, 15) is 9.18 Å². The number of aromatic nitrogens is 6. The van der Waals surface area contributed by atoms with E-state index in [2.05, 4.69) is 35.8 Å². The number of nitrogens with zero attached hydrogens (tertiary/aromatic N) is 5. The van der Waals surface area contributed by atoms with Gasteiger partial charge in [-0.15, -0.1) is 0 Å². The van der Waals surface area contributed by atoms with Gasteiger partial charge >= 0.3 is 12.0 Å². The number of imidazole rings is 1. The zero-order chi connectivity index (χ0) is 23.6. The van der Waals surface area contributed by atoms with Crippen molar-refractivity contribution in [1.29, 1.82) is 0 Å². The summed E-state index contributed by atoms with van der Waals surface area (Å²) >= 11 is 0. The van der Waals surface area contributed by atoms with Crippen molar-refractivity contribution >= 4 is 17.5 Å². The summed E-state index contributed by atoms with van der Waals surface area (Å²) in [6.07, 6.45) is 8.18. The summed E-state index contributed by atoms with van der Waals surface area (Å²) in [5.74, 6) is 0.0345. The smallest absolute Gasteiger partial charge is 0.324 e. The molecule has 33 heavy (non-hydrogen) atoms. The summed E-state index contributed by atoms with van der Waals surface area (Å²) in [5, 5.41) is 11.7. The molecule has 0 spiro atoms. The first-order valence-corrected chi connectivity index (χ1v) is 10.1. The average Bonchev–Trinajstić information content (AvgIpc) is 3.44. The Morgan fingerprint density at radius 1 is 1.21 bits per heavy atom. The average molecular weight is 450 g/mol. The second-order valence-corrected chi connectivity index (χ2v) is 8.33. The first-order valence-electron chi connectivity index (χ1n) is 10.1. The van der Waals surface area contributed by atoms with Crippen molar-refractivity contribution in [2.75, 3.05) is 10.6 Å². The summed E-state index contributed by atoms with van der Waals surface area (Å²) in [6, 6.07) is 3.80. The van der Waals surface area contributed by atoms with E-state index < -0.39 is 11.8 Å². The van der Waals surface area contributed by atoms with Gasteiger partial charge in [0.25, 0.3) is 0 Å². The summed E-state index contributed by atoms with van der Waals surface area (Å²) in [5.41, 5.74) is 1.65. The van der Waals surface area contributed by atoms with Crippen molar-refractivity contribution in [3.8, 4) is 23.0 Å². The van der Waals surface area contributed by atoms with Gasteiger partial charge in [0, 0.05) is 35.8 Å². The van der Waals surface area contributed by atoms with Gasteiger partial charge in [0.2, 0.25) is 0 Å². The Bertz CT molecular complexity index is 1280. The molecular weight excluding hydrogens is 427 g/mol. The van der Waals surface area contributed by atoms with E-state index in [1.807, 2.05) is 25.3 Å². The van der Waals surface area contributed by atoms with Crippen LogP contribution < -0.4 is 15.4 Å². The number of rotatable bonds is 5. The van der Waals surface area contributed by atoms with E-state index in [0.717, 1.165) is 5.56 Å². The van der Waals surface area contributed by atoms with Crippen LogP contribution in [0.3, 0.4) is 0 Å². The van der Waals surface area contributed by atoms with Crippen molar-refractivity contribution in [1.82, 2.24) is 29.7 Å². The molecule has 3 aromatic heterocycles. The van der Waals surface area contributed by atoms with Crippen LogP contribution in [0.4, 0.5) is 20.7 Å². The van der Waals surface area contributed by atoms with Gasteiger partial charge in [-0.1, -0.05) is 0 Å². The molecule has 0 saturated heterocycles. The number of aromatic amines is 1. The fourth-order valence-corrected chi connectivity index (χ4v) is 2.92. The van der Waals surface area contributed by atoms with Gasteiger partial charge in [-0.3, -0.25) is 10.4 Å². The van der Waals surface area contributed by atoms with Gasteiger partial charge in [0.05, 0.1) is 23.9 Å². The minimum absolute atomic E-state index is 0.0608. The highest BCUT2D eigenvalue weighted by molar-refractivity contribution is 5.99. The predicted molar refractivity (Wildman–Crippen MR) is 121 cm³/mol. The number of anilines is 2. The van der Waals surface area contributed by atoms with E-state index >= 15 is 0 Å². The van der Waals surface area contributed by atoms with Crippen LogP contribution in [0, 0.1) is 12.7 Å². The Kier molecular flexibility index (Phi) is 5.78. The van der Waals surface area contributed by atoms with Gasteiger partial charge < -0.3 is 14.6 Å². The van der Waals surface area contributed by atoms with Gasteiger partial charge in [0.1, 0.15) is 11.6 Å². The molecule has 3 N–H and O–H groups in total. The number of halogens is 1. The van der Waals surface area contributed by atoms with E-state index in [1.165, 1.54) is 12.1 Å². The first kappa shape index (κ1) is 21.9. The molecular formula is C22H23FN8O2. The standard InChI is InChI=1S/C22H23FN8O2/c1-13-7-15(23)17(28-20(32)30-19-11-31(12-25-19)22(2,3)4)8-18(13)33-21-24-6-5-16(29-21)14-9-26-27-10-14/h5-12H,1-4H3,(H,26,27)(H2,28,30,32). The van der Waals surface area contributed by atoms with Crippen LogP contribution >= 0.6 is 0 Å². The van der Waals surface area contributed by atoms with Crippen molar-refractivity contribution in [3.05, 3.63) is 60.7 Å². The number of aryl methyl sites for hydroxylation is 1. The van der Waals surface area contributed by atoms with Crippen LogP contribution in [0.25, 0.3) is 11.3 Å². The molecule has 0 unspecified atom stereocenters. The molecule has 1 aromatic carbocycles. The fourth-order valence-electron chi connectivity index (χ4n) is 2.92.